The minimum absolute atomic E-state index is 0.0180. The standard InChI is InChI=1S/C14H21N3O/c1-10-5-7-17(8-6-10)14(18)16-13-9-12(15)4-3-11(13)2/h3-4,9-10H,5-8,15H2,1-2H3,(H,16,18). The van der Waals surface area contributed by atoms with E-state index in [1.165, 1.54) is 0 Å². The van der Waals surface area contributed by atoms with E-state index in [1.807, 2.05) is 24.0 Å². The summed E-state index contributed by atoms with van der Waals surface area (Å²) < 4.78 is 0. The Hall–Kier alpha value is -1.71. The van der Waals surface area contributed by atoms with Gasteiger partial charge in [-0.1, -0.05) is 13.0 Å². The first-order chi connectivity index (χ1) is 8.56. The number of carbonyl (C=O) groups is 1. The van der Waals surface area contributed by atoms with Crippen LogP contribution in [-0.2, 0) is 0 Å². The van der Waals surface area contributed by atoms with Crippen LogP contribution in [0.1, 0.15) is 25.3 Å². The summed E-state index contributed by atoms with van der Waals surface area (Å²) in [5.74, 6) is 0.725. The number of amides is 2. The van der Waals surface area contributed by atoms with E-state index in [2.05, 4.69) is 12.2 Å². The number of rotatable bonds is 1. The number of nitrogens with two attached hydrogens (primary N) is 1. The van der Waals surface area contributed by atoms with Gasteiger partial charge in [-0.25, -0.2) is 4.79 Å². The molecule has 0 aliphatic carbocycles. The summed E-state index contributed by atoms with van der Waals surface area (Å²) in [6.45, 7) is 5.88. The Labute approximate surface area is 108 Å². The van der Waals surface area contributed by atoms with Gasteiger partial charge in [0.15, 0.2) is 0 Å². The molecule has 4 nitrogen and oxygen atoms in total. The highest BCUT2D eigenvalue weighted by molar-refractivity contribution is 5.90. The first-order valence-corrected chi connectivity index (χ1v) is 6.48. The average molecular weight is 247 g/mol. The van der Waals surface area contributed by atoms with Gasteiger partial charge in [-0.05, 0) is 43.4 Å². The van der Waals surface area contributed by atoms with Crippen LogP contribution in [0.5, 0.6) is 0 Å². The number of nitrogen functional groups attached to an aromatic ring is 1. The Morgan fingerprint density at radius 2 is 2.06 bits per heavy atom. The Kier molecular flexibility index (Phi) is 3.75. The van der Waals surface area contributed by atoms with Gasteiger partial charge in [0, 0.05) is 24.5 Å². The highest BCUT2D eigenvalue weighted by atomic mass is 16.2. The third-order valence-electron chi connectivity index (χ3n) is 3.57. The summed E-state index contributed by atoms with van der Waals surface area (Å²) in [6, 6.07) is 5.55. The van der Waals surface area contributed by atoms with Crippen molar-refractivity contribution in [3.05, 3.63) is 23.8 Å². The molecule has 0 saturated carbocycles. The van der Waals surface area contributed by atoms with Crippen LogP contribution in [0.4, 0.5) is 16.2 Å². The number of nitrogens with zero attached hydrogens (tertiary/aromatic N) is 1. The van der Waals surface area contributed by atoms with Gasteiger partial charge in [0.1, 0.15) is 0 Å². The fourth-order valence-corrected chi connectivity index (χ4v) is 2.18. The summed E-state index contributed by atoms with van der Waals surface area (Å²) in [7, 11) is 0. The fourth-order valence-electron chi connectivity index (χ4n) is 2.18. The van der Waals surface area contributed by atoms with Crippen LogP contribution in [0.2, 0.25) is 0 Å². The lowest BCUT2D eigenvalue weighted by molar-refractivity contribution is 0.186. The number of likely N-dealkylation sites (tertiary alicyclic amines) is 1. The number of benzene rings is 1. The van der Waals surface area contributed by atoms with Gasteiger partial charge in [0.25, 0.3) is 0 Å². The SMILES string of the molecule is Cc1ccc(N)cc1NC(=O)N1CCC(C)CC1. The Morgan fingerprint density at radius 3 is 2.72 bits per heavy atom. The lowest BCUT2D eigenvalue weighted by atomic mass is 10.00. The Bertz CT molecular complexity index is 437. The molecule has 1 aliphatic rings. The molecule has 0 spiro atoms. The predicted octanol–water partition coefficient (Wildman–Crippen LogP) is 2.84. The van der Waals surface area contributed by atoms with Gasteiger partial charge in [-0.15, -0.1) is 0 Å². The van der Waals surface area contributed by atoms with Gasteiger partial charge in [0.2, 0.25) is 0 Å². The number of nitrogens with one attached hydrogen (secondary N) is 1. The lowest BCUT2D eigenvalue weighted by Gasteiger charge is -2.30. The van der Waals surface area contributed by atoms with E-state index in [9.17, 15) is 4.79 Å². The van der Waals surface area contributed by atoms with Crippen molar-refractivity contribution in [3.63, 3.8) is 0 Å². The summed E-state index contributed by atoms with van der Waals surface area (Å²) in [5, 5.41) is 2.94. The van der Waals surface area contributed by atoms with Crippen molar-refractivity contribution in [3.8, 4) is 0 Å². The molecule has 1 aromatic carbocycles. The van der Waals surface area contributed by atoms with Crippen LogP contribution in [0.15, 0.2) is 18.2 Å². The van der Waals surface area contributed by atoms with Gasteiger partial charge in [-0.2, -0.15) is 0 Å². The number of aryl methyl sites for hydroxylation is 1. The van der Waals surface area contributed by atoms with Crippen molar-refractivity contribution in [2.45, 2.75) is 26.7 Å². The van der Waals surface area contributed by atoms with Gasteiger partial charge >= 0.3 is 6.03 Å². The normalized spacial score (nSPS) is 16.7. The van der Waals surface area contributed by atoms with Crippen LogP contribution in [0.3, 0.4) is 0 Å². The number of anilines is 2. The van der Waals surface area contributed by atoms with Crippen molar-refractivity contribution in [1.29, 1.82) is 0 Å². The maximum Gasteiger partial charge on any atom is 0.321 e. The number of hydrogen-bond donors (Lipinski definition) is 2. The number of hydrogen-bond acceptors (Lipinski definition) is 2. The van der Waals surface area contributed by atoms with Crippen LogP contribution < -0.4 is 11.1 Å². The van der Waals surface area contributed by atoms with Gasteiger partial charge in [-0.3, -0.25) is 0 Å². The molecule has 1 saturated heterocycles. The van der Waals surface area contributed by atoms with Crippen LogP contribution >= 0.6 is 0 Å². The van der Waals surface area contributed by atoms with E-state index < -0.39 is 0 Å². The van der Waals surface area contributed by atoms with E-state index in [-0.39, 0.29) is 6.03 Å². The lowest BCUT2D eigenvalue weighted by Crippen LogP contribution is -2.40. The highest BCUT2D eigenvalue weighted by Gasteiger charge is 2.20. The van der Waals surface area contributed by atoms with Gasteiger partial charge in [0.05, 0.1) is 0 Å². The molecule has 1 heterocycles. The molecule has 0 unspecified atom stereocenters. The zero-order chi connectivity index (χ0) is 13.1. The molecular formula is C14H21N3O. The summed E-state index contributed by atoms with van der Waals surface area (Å²) in [6.07, 6.45) is 2.17. The van der Waals surface area contributed by atoms with Crippen LogP contribution in [0, 0.1) is 12.8 Å². The van der Waals surface area contributed by atoms with Crippen molar-refractivity contribution in [2.75, 3.05) is 24.1 Å². The van der Waals surface area contributed by atoms with E-state index in [4.69, 9.17) is 5.73 Å². The molecule has 0 radical (unpaired) electrons. The maximum atomic E-state index is 12.1. The van der Waals surface area contributed by atoms with Crippen molar-refractivity contribution in [2.24, 2.45) is 5.92 Å². The molecule has 98 valence electrons. The zero-order valence-electron chi connectivity index (χ0n) is 11.1. The topological polar surface area (TPSA) is 58.4 Å². The average Bonchev–Trinajstić information content (AvgIpc) is 2.34. The summed E-state index contributed by atoms with van der Waals surface area (Å²) >= 11 is 0. The molecule has 1 fully saturated rings. The smallest absolute Gasteiger partial charge is 0.321 e. The molecule has 2 rings (SSSR count). The summed E-state index contributed by atoms with van der Waals surface area (Å²) in [4.78, 5) is 14.0. The minimum atomic E-state index is -0.0180. The zero-order valence-corrected chi connectivity index (χ0v) is 11.1. The quantitative estimate of drug-likeness (QED) is 0.750. The fraction of sp³-hybridized carbons (Fsp3) is 0.500. The largest absolute Gasteiger partial charge is 0.399 e. The third-order valence-corrected chi connectivity index (χ3v) is 3.57. The van der Waals surface area contributed by atoms with Gasteiger partial charge < -0.3 is 16.0 Å². The van der Waals surface area contributed by atoms with E-state index >= 15 is 0 Å². The first kappa shape index (κ1) is 12.7. The summed E-state index contributed by atoms with van der Waals surface area (Å²) in [5.41, 5.74) is 8.24. The maximum absolute atomic E-state index is 12.1. The molecule has 0 bridgehead atoms. The first-order valence-electron chi connectivity index (χ1n) is 6.48. The molecule has 0 aromatic heterocycles. The molecule has 2 amide bonds. The monoisotopic (exact) mass is 247 g/mol. The second-order valence-electron chi connectivity index (χ2n) is 5.17. The molecular weight excluding hydrogens is 226 g/mol. The van der Waals surface area contributed by atoms with E-state index in [1.54, 1.807) is 6.07 Å². The highest BCUT2D eigenvalue weighted by Crippen LogP contribution is 2.20. The predicted molar refractivity (Wildman–Crippen MR) is 74.6 cm³/mol. The molecule has 3 N–H and O–H groups in total. The van der Waals surface area contributed by atoms with Crippen LogP contribution in [0.25, 0.3) is 0 Å². The molecule has 18 heavy (non-hydrogen) atoms. The molecule has 1 aromatic rings. The Morgan fingerprint density at radius 1 is 1.39 bits per heavy atom. The van der Waals surface area contributed by atoms with Crippen molar-refractivity contribution in [1.82, 2.24) is 4.90 Å². The molecule has 0 atom stereocenters. The number of piperidine rings is 1. The van der Waals surface area contributed by atoms with Crippen LogP contribution in [-0.4, -0.2) is 24.0 Å². The minimum Gasteiger partial charge on any atom is -0.399 e. The molecule has 4 heteroatoms. The van der Waals surface area contributed by atoms with Crippen molar-refractivity contribution >= 4 is 17.4 Å². The number of urea groups is 1. The second-order valence-corrected chi connectivity index (χ2v) is 5.17. The number of carbonyl (C=O) groups excluding carboxylic acids is 1. The van der Waals surface area contributed by atoms with Crippen molar-refractivity contribution < 1.29 is 4.79 Å². The third kappa shape index (κ3) is 2.94. The second kappa shape index (κ2) is 5.29. The molecule has 1 aliphatic heterocycles. The Balaban J connectivity index is 2.00. The van der Waals surface area contributed by atoms with E-state index in [0.29, 0.717) is 5.69 Å². The van der Waals surface area contributed by atoms with E-state index in [0.717, 1.165) is 43.1 Å².